The number of fused-ring (bicyclic) bond motifs is 1. The molecule has 0 aliphatic heterocycles. The van der Waals surface area contributed by atoms with Gasteiger partial charge in [0.15, 0.2) is 0 Å². The lowest BCUT2D eigenvalue weighted by molar-refractivity contribution is 0.476. The maximum atomic E-state index is 9.32. The van der Waals surface area contributed by atoms with Crippen LogP contribution in [-0.2, 0) is 0 Å². The second kappa shape index (κ2) is 2.77. The van der Waals surface area contributed by atoms with E-state index in [9.17, 15) is 5.11 Å². The quantitative estimate of drug-likeness (QED) is 0.647. The summed E-state index contributed by atoms with van der Waals surface area (Å²) in [7, 11) is 0. The van der Waals surface area contributed by atoms with Crippen LogP contribution >= 0.6 is 0 Å². The first kappa shape index (κ1) is 8.11. The fourth-order valence-electron chi connectivity index (χ4n) is 1.72. The first-order valence-electron chi connectivity index (χ1n) is 4.37. The van der Waals surface area contributed by atoms with Crippen LogP contribution in [0, 0.1) is 13.8 Å². The molecule has 1 heteroatoms. The van der Waals surface area contributed by atoms with E-state index in [1.165, 1.54) is 16.5 Å². The highest BCUT2D eigenvalue weighted by Gasteiger charge is 1.99. The van der Waals surface area contributed by atoms with Crippen LogP contribution in [0.2, 0.25) is 0 Å². The fourth-order valence-corrected chi connectivity index (χ4v) is 1.72. The van der Waals surface area contributed by atoms with Gasteiger partial charge in [-0.05, 0) is 42.3 Å². The van der Waals surface area contributed by atoms with Crippen molar-refractivity contribution in [3.05, 3.63) is 41.5 Å². The van der Waals surface area contributed by atoms with Crippen LogP contribution in [-0.4, -0.2) is 5.11 Å². The maximum absolute atomic E-state index is 9.32. The van der Waals surface area contributed by atoms with Gasteiger partial charge in [0.2, 0.25) is 0 Å². The average Bonchev–Trinajstić information content (AvgIpc) is 2.06. The topological polar surface area (TPSA) is 20.2 Å². The molecular formula is C12H12O. The smallest absolute Gasteiger partial charge is 0.116 e. The SMILES string of the molecule is Cc1cc(C)c2cc(O)ccc2c1. The Labute approximate surface area is 77.6 Å². The zero-order valence-corrected chi connectivity index (χ0v) is 7.83. The summed E-state index contributed by atoms with van der Waals surface area (Å²) >= 11 is 0. The predicted molar refractivity (Wildman–Crippen MR) is 55.1 cm³/mol. The molecule has 0 bridgehead atoms. The van der Waals surface area contributed by atoms with Gasteiger partial charge in [-0.3, -0.25) is 0 Å². The third-order valence-electron chi connectivity index (χ3n) is 2.29. The van der Waals surface area contributed by atoms with Crippen molar-refractivity contribution in [3.63, 3.8) is 0 Å². The predicted octanol–water partition coefficient (Wildman–Crippen LogP) is 3.16. The van der Waals surface area contributed by atoms with Crippen molar-refractivity contribution in [2.75, 3.05) is 0 Å². The summed E-state index contributed by atoms with van der Waals surface area (Å²) in [5.41, 5.74) is 2.47. The summed E-state index contributed by atoms with van der Waals surface area (Å²) < 4.78 is 0. The van der Waals surface area contributed by atoms with Gasteiger partial charge in [-0.2, -0.15) is 0 Å². The molecule has 0 spiro atoms. The molecule has 0 fully saturated rings. The van der Waals surface area contributed by atoms with E-state index in [-0.39, 0.29) is 0 Å². The summed E-state index contributed by atoms with van der Waals surface area (Å²) in [6.45, 7) is 4.15. The van der Waals surface area contributed by atoms with E-state index in [1.54, 1.807) is 6.07 Å². The molecule has 0 radical (unpaired) electrons. The van der Waals surface area contributed by atoms with Crippen LogP contribution in [0.25, 0.3) is 10.8 Å². The van der Waals surface area contributed by atoms with Crippen molar-refractivity contribution in [2.45, 2.75) is 13.8 Å². The second-order valence-electron chi connectivity index (χ2n) is 3.49. The van der Waals surface area contributed by atoms with Crippen molar-refractivity contribution >= 4 is 10.8 Å². The van der Waals surface area contributed by atoms with Crippen LogP contribution in [0.15, 0.2) is 30.3 Å². The van der Waals surface area contributed by atoms with Crippen molar-refractivity contribution in [2.24, 2.45) is 0 Å². The van der Waals surface area contributed by atoms with Gasteiger partial charge in [-0.1, -0.05) is 23.8 Å². The first-order chi connectivity index (χ1) is 6.16. The van der Waals surface area contributed by atoms with Gasteiger partial charge in [-0.25, -0.2) is 0 Å². The number of benzene rings is 2. The molecule has 0 aromatic heterocycles. The van der Waals surface area contributed by atoms with E-state index in [2.05, 4.69) is 26.0 Å². The van der Waals surface area contributed by atoms with Crippen LogP contribution in [0.4, 0.5) is 0 Å². The van der Waals surface area contributed by atoms with E-state index in [0.717, 1.165) is 5.39 Å². The molecule has 0 saturated carbocycles. The highest BCUT2D eigenvalue weighted by atomic mass is 16.3. The summed E-state index contributed by atoms with van der Waals surface area (Å²) in [6, 6.07) is 9.74. The van der Waals surface area contributed by atoms with E-state index < -0.39 is 0 Å². The lowest BCUT2D eigenvalue weighted by Crippen LogP contribution is -1.80. The van der Waals surface area contributed by atoms with Gasteiger partial charge in [0.25, 0.3) is 0 Å². The van der Waals surface area contributed by atoms with Gasteiger partial charge in [-0.15, -0.1) is 0 Å². The molecule has 0 saturated heterocycles. The molecule has 0 aliphatic rings. The van der Waals surface area contributed by atoms with E-state index in [0.29, 0.717) is 5.75 Å². The van der Waals surface area contributed by atoms with Gasteiger partial charge < -0.3 is 5.11 Å². The van der Waals surface area contributed by atoms with Crippen LogP contribution in [0.3, 0.4) is 0 Å². The summed E-state index contributed by atoms with van der Waals surface area (Å²) in [5, 5.41) is 11.6. The minimum Gasteiger partial charge on any atom is -0.508 e. The minimum atomic E-state index is 0.333. The molecule has 1 nitrogen and oxygen atoms in total. The standard InChI is InChI=1S/C12H12O/c1-8-5-9(2)12-7-11(13)4-3-10(12)6-8/h3-7,13H,1-2H3. The number of aryl methyl sites for hydroxylation is 2. The molecule has 0 aliphatic carbocycles. The molecule has 0 atom stereocenters. The normalized spacial score (nSPS) is 10.6. The van der Waals surface area contributed by atoms with Crippen molar-refractivity contribution < 1.29 is 5.11 Å². The van der Waals surface area contributed by atoms with Gasteiger partial charge in [0, 0.05) is 0 Å². The lowest BCUT2D eigenvalue weighted by atomic mass is 10.0. The third kappa shape index (κ3) is 1.37. The number of hydrogen-bond donors (Lipinski definition) is 1. The highest BCUT2D eigenvalue weighted by molar-refractivity contribution is 5.87. The number of phenols is 1. The van der Waals surface area contributed by atoms with Crippen molar-refractivity contribution in [3.8, 4) is 5.75 Å². The Hall–Kier alpha value is -1.50. The van der Waals surface area contributed by atoms with Crippen molar-refractivity contribution in [1.82, 2.24) is 0 Å². The van der Waals surface area contributed by atoms with Crippen LogP contribution in [0.1, 0.15) is 11.1 Å². The van der Waals surface area contributed by atoms with E-state index in [4.69, 9.17) is 0 Å². The van der Waals surface area contributed by atoms with Gasteiger partial charge in [0.05, 0.1) is 0 Å². The Morgan fingerprint density at radius 1 is 1.00 bits per heavy atom. The first-order valence-corrected chi connectivity index (χ1v) is 4.37. The zero-order valence-electron chi connectivity index (χ0n) is 7.83. The molecule has 0 amide bonds. The van der Waals surface area contributed by atoms with Gasteiger partial charge in [0.1, 0.15) is 5.75 Å². The van der Waals surface area contributed by atoms with E-state index in [1.807, 2.05) is 12.1 Å². The molecule has 1 N–H and O–H groups in total. The Morgan fingerprint density at radius 2 is 1.77 bits per heavy atom. The fraction of sp³-hybridized carbons (Fsp3) is 0.167. The minimum absolute atomic E-state index is 0.333. The molecule has 0 heterocycles. The molecule has 13 heavy (non-hydrogen) atoms. The molecule has 2 rings (SSSR count). The Morgan fingerprint density at radius 3 is 2.54 bits per heavy atom. The Balaban J connectivity index is 2.87. The maximum Gasteiger partial charge on any atom is 0.116 e. The molecular weight excluding hydrogens is 160 g/mol. The highest BCUT2D eigenvalue weighted by Crippen LogP contribution is 2.24. The monoisotopic (exact) mass is 172 g/mol. The third-order valence-corrected chi connectivity index (χ3v) is 2.29. The number of rotatable bonds is 0. The summed E-state index contributed by atoms with van der Waals surface area (Å²) in [4.78, 5) is 0. The van der Waals surface area contributed by atoms with Crippen LogP contribution < -0.4 is 0 Å². The molecule has 2 aromatic rings. The molecule has 66 valence electrons. The van der Waals surface area contributed by atoms with Crippen molar-refractivity contribution in [1.29, 1.82) is 0 Å². The zero-order chi connectivity index (χ0) is 9.42. The molecule has 0 unspecified atom stereocenters. The number of phenolic OH excluding ortho intramolecular Hbond substituents is 1. The van der Waals surface area contributed by atoms with Crippen LogP contribution in [0.5, 0.6) is 5.75 Å². The Kier molecular flexibility index (Phi) is 1.73. The largest absolute Gasteiger partial charge is 0.508 e. The second-order valence-corrected chi connectivity index (χ2v) is 3.49. The Bertz CT molecular complexity index is 458. The molecule has 2 aromatic carbocycles. The average molecular weight is 172 g/mol. The summed E-state index contributed by atoms with van der Waals surface area (Å²) in [5.74, 6) is 0.333. The van der Waals surface area contributed by atoms with E-state index >= 15 is 0 Å². The number of hydrogen-bond acceptors (Lipinski definition) is 1. The lowest BCUT2D eigenvalue weighted by Gasteiger charge is -2.04. The number of aromatic hydroxyl groups is 1. The summed E-state index contributed by atoms with van der Waals surface area (Å²) in [6.07, 6.45) is 0. The van der Waals surface area contributed by atoms with Gasteiger partial charge >= 0.3 is 0 Å².